The monoisotopic (exact) mass is 401 g/mol. The number of nitrogens with zero attached hydrogens (tertiary/aromatic N) is 1. The number of carbonyl (C=O) groups is 4. The van der Waals surface area contributed by atoms with Gasteiger partial charge in [-0.2, -0.15) is 0 Å². The molecular formula is C21H27N3O5. The Morgan fingerprint density at radius 3 is 2.69 bits per heavy atom. The molecule has 29 heavy (non-hydrogen) atoms. The Hall–Kier alpha value is -2.90. The summed E-state index contributed by atoms with van der Waals surface area (Å²) in [4.78, 5) is 50.5. The number of urea groups is 1. The number of benzene rings is 1. The van der Waals surface area contributed by atoms with Crippen molar-refractivity contribution in [1.29, 1.82) is 0 Å². The minimum Gasteiger partial charge on any atom is -0.454 e. The third kappa shape index (κ3) is 4.11. The Kier molecular flexibility index (Phi) is 6.20. The number of fused-ring (bicyclic) bond motifs is 2. The summed E-state index contributed by atoms with van der Waals surface area (Å²) in [7, 11) is 0. The molecule has 4 amide bonds. The Morgan fingerprint density at radius 1 is 1.24 bits per heavy atom. The maximum atomic E-state index is 13.1. The van der Waals surface area contributed by atoms with E-state index < -0.39 is 42.5 Å². The van der Waals surface area contributed by atoms with Gasteiger partial charge in [-0.15, -0.1) is 0 Å². The van der Waals surface area contributed by atoms with Crippen LogP contribution in [0.2, 0.25) is 0 Å². The van der Waals surface area contributed by atoms with Gasteiger partial charge >= 0.3 is 12.0 Å². The first-order valence-corrected chi connectivity index (χ1v) is 10.1. The van der Waals surface area contributed by atoms with Crippen molar-refractivity contribution in [2.24, 2.45) is 0 Å². The van der Waals surface area contributed by atoms with Crippen molar-refractivity contribution in [1.82, 2.24) is 15.5 Å². The van der Waals surface area contributed by atoms with Gasteiger partial charge in [-0.3, -0.25) is 19.3 Å². The fourth-order valence-electron chi connectivity index (χ4n) is 4.04. The summed E-state index contributed by atoms with van der Waals surface area (Å²) in [6.45, 7) is 2.95. The Balaban J connectivity index is 1.63. The van der Waals surface area contributed by atoms with Crippen LogP contribution in [-0.2, 0) is 31.1 Å². The van der Waals surface area contributed by atoms with Crippen molar-refractivity contribution in [3.8, 4) is 0 Å². The van der Waals surface area contributed by atoms with Gasteiger partial charge in [-0.25, -0.2) is 4.79 Å². The minimum absolute atomic E-state index is 0.0263. The molecule has 0 saturated carbocycles. The fraction of sp³-hybridized carbons (Fsp3) is 0.524. The zero-order valence-corrected chi connectivity index (χ0v) is 16.8. The van der Waals surface area contributed by atoms with E-state index in [0.717, 1.165) is 41.7 Å². The van der Waals surface area contributed by atoms with Crippen LogP contribution in [-0.4, -0.2) is 47.9 Å². The van der Waals surface area contributed by atoms with Gasteiger partial charge < -0.3 is 15.4 Å². The molecule has 1 spiro atoms. The van der Waals surface area contributed by atoms with Crippen molar-refractivity contribution in [3.63, 3.8) is 0 Å². The largest absolute Gasteiger partial charge is 0.454 e. The van der Waals surface area contributed by atoms with Crippen LogP contribution in [0.5, 0.6) is 0 Å². The highest BCUT2D eigenvalue weighted by Gasteiger charge is 2.54. The number of ether oxygens (including phenoxy) is 1. The molecule has 2 aliphatic rings. The SMILES string of the molecule is CCC(CC)NC(=O)COC(=O)CN1C(=O)N[C@]2(CCCc3ccccc32)C1=O. The molecule has 8 nitrogen and oxygen atoms in total. The zero-order valence-electron chi connectivity index (χ0n) is 16.8. The van der Waals surface area contributed by atoms with Crippen LogP contribution >= 0.6 is 0 Å². The number of carbonyl (C=O) groups excluding carboxylic acids is 4. The Morgan fingerprint density at radius 2 is 1.97 bits per heavy atom. The number of rotatable bonds is 7. The smallest absolute Gasteiger partial charge is 0.326 e. The van der Waals surface area contributed by atoms with Gasteiger partial charge in [0.25, 0.3) is 11.8 Å². The maximum absolute atomic E-state index is 13.1. The lowest BCUT2D eigenvalue weighted by molar-refractivity contribution is -0.151. The van der Waals surface area contributed by atoms with E-state index in [0.29, 0.717) is 6.42 Å². The molecular weight excluding hydrogens is 374 g/mol. The van der Waals surface area contributed by atoms with Crippen LogP contribution < -0.4 is 10.6 Å². The van der Waals surface area contributed by atoms with Crippen LogP contribution in [0.25, 0.3) is 0 Å². The average molecular weight is 401 g/mol. The lowest BCUT2D eigenvalue weighted by Crippen LogP contribution is -2.47. The summed E-state index contributed by atoms with van der Waals surface area (Å²) in [6, 6.07) is 6.94. The third-order valence-corrected chi connectivity index (χ3v) is 5.65. The van der Waals surface area contributed by atoms with Gasteiger partial charge in [0.2, 0.25) is 0 Å². The van der Waals surface area contributed by atoms with Crippen LogP contribution in [0.1, 0.15) is 50.7 Å². The number of hydrogen-bond acceptors (Lipinski definition) is 5. The number of aryl methyl sites for hydroxylation is 1. The van der Waals surface area contributed by atoms with E-state index >= 15 is 0 Å². The third-order valence-electron chi connectivity index (χ3n) is 5.65. The summed E-state index contributed by atoms with van der Waals surface area (Å²) in [5, 5.41) is 5.55. The Bertz CT molecular complexity index is 820. The van der Waals surface area contributed by atoms with Crippen molar-refractivity contribution < 1.29 is 23.9 Å². The Labute approximate surface area is 170 Å². The highest BCUT2D eigenvalue weighted by Crippen LogP contribution is 2.39. The van der Waals surface area contributed by atoms with E-state index in [4.69, 9.17) is 4.74 Å². The van der Waals surface area contributed by atoms with Gasteiger partial charge in [0, 0.05) is 6.04 Å². The fourth-order valence-corrected chi connectivity index (χ4v) is 4.04. The summed E-state index contributed by atoms with van der Waals surface area (Å²) in [5.41, 5.74) is 0.680. The molecule has 1 aromatic rings. The topological polar surface area (TPSA) is 105 Å². The van der Waals surface area contributed by atoms with Gasteiger partial charge in [0.1, 0.15) is 12.1 Å². The summed E-state index contributed by atoms with van der Waals surface area (Å²) in [5.74, 6) is -1.65. The molecule has 156 valence electrons. The molecule has 0 radical (unpaired) electrons. The summed E-state index contributed by atoms with van der Waals surface area (Å²) < 4.78 is 4.97. The highest BCUT2D eigenvalue weighted by molar-refractivity contribution is 6.09. The first-order chi connectivity index (χ1) is 13.9. The average Bonchev–Trinajstić information content (AvgIpc) is 2.95. The minimum atomic E-state index is -1.13. The predicted octanol–water partition coefficient (Wildman–Crippen LogP) is 1.62. The van der Waals surface area contributed by atoms with Crippen molar-refractivity contribution in [2.75, 3.05) is 13.2 Å². The van der Waals surface area contributed by atoms with Gasteiger partial charge in [-0.05, 0) is 43.2 Å². The second kappa shape index (κ2) is 8.63. The molecule has 1 heterocycles. The molecule has 1 aliphatic carbocycles. The number of amides is 4. The quantitative estimate of drug-likeness (QED) is 0.534. The van der Waals surface area contributed by atoms with E-state index in [1.807, 2.05) is 38.1 Å². The van der Waals surface area contributed by atoms with Crippen LogP contribution in [0.4, 0.5) is 4.79 Å². The number of hydrogen-bond donors (Lipinski definition) is 2. The van der Waals surface area contributed by atoms with E-state index in [1.54, 1.807) is 0 Å². The van der Waals surface area contributed by atoms with E-state index in [2.05, 4.69) is 10.6 Å². The van der Waals surface area contributed by atoms with E-state index in [-0.39, 0.29) is 6.04 Å². The molecule has 1 aromatic carbocycles. The molecule has 1 saturated heterocycles. The number of esters is 1. The second-order valence-electron chi connectivity index (χ2n) is 7.48. The van der Waals surface area contributed by atoms with Crippen LogP contribution in [0.15, 0.2) is 24.3 Å². The molecule has 8 heteroatoms. The van der Waals surface area contributed by atoms with Crippen LogP contribution in [0, 0.1) is 0 Å². The van der Waals surface area contributed by atoms with Crippen molar-refractivity contribution >= 4 is 23.8 Å². The van der Waals surface area contributed by atoms with Gasteiger partial charge in [0.15, 0.2) is 6.61 Å². The molecule has 1 aliphatic heterocycles. The summed E-state index contributed by atoms with van der Waals surface area (Å²) >= 11 is 0. The first kappa shape index (κ1) is 20.8. The molecule has 3 rings (SSSR count). The lowest BCUT2D eigenvalue weighted by Gasteiger charge is -2.33. The van der Waals surface area contributed by atoms with Crippen LogP contribution in [0.3, 0.4) is 0 Å². The zero-order chi connectivity index (χ0) is 21.0. The molecule has 1 fully saturated rings. The normalized spacial score (nSPS) is 20.6. The highest BCUT2D eigenvalue weighted by atomic mass is 16.5. The van der Waals surface area contributed by atoms with Crippen molar-refractivity contribution in [2.45, 2.75) is 57.5 Å². The molecule has 1 atom stereocenters. The number of nitrogens with one attached hydrogen (secondary N) is 2. The standard InChI is InChI=1S/C21H27N3O5/c1-3-15(4-2)22-17(25)13-29-18(26)12-24-19(27)21(23-20(24)28)11-7-9-14-8-5-6-10-16(14)21/h5-6,8,10,15H,3-4,7,9,11-13H2,1-2H3,(H,22,25)(H,23,28)/t21-/m0/s1. The van der Waals surface area contributed by atoms with Gasteiger partial charge in [0.05, 0.1) is 0 Å². The summed E-state index contributed by atoms with van der Waals surface area (Å²) in [6.07, 6.45) is 3.65. The van der Waals surface area contributed by atoms with Gasteiger partial charge in [-0.1, -0.05) is 38.1 Å². The van der Waals surface area contributed by atoms with Crippen molar-refractivity contribution in [3.05, 3.63) is 35.4 Å². The van der Waals surface area contributed by atoms with E-state index in [9.17, 15) is 19.2 Å². The predicted molar refractivity (Wildman–Crippen MR) is 105 cm³/mol. The molecule has 0 aromatic heterocycles. The maximum Gasteiger partial charge on any atom is 0.326 e. The van der Waals surface area contributed by atoms with E-state index in [1.165, 1.54) is 0 Å². The first-order valence-electron chi connectivity index (χ1n) is 10.1. The molecule has 0 unspecified atom stereocenters. The second-order valence-corrected chi connectivity index (χ2v) is 7.48. The molecule has 2 N–H and O–H groups in total. The number of imide groups is 1. The molecule has 0 bridgehead atoms. The lowest BCUT2D eigenvalue weighted by atomic mass is 9.76.